The largest absolute Gasteiger partial charge is 0.484 e. The molecule has 2 aromatic carbocycles. The molecule has 0 saturated carbocycles. The lowest BCUT2D eigenvalue weighted by atomic mass is 10.1. The Bertz CT molecular complexity index is 1200. The molecule has 1 aromatic heterocycles. The molecule has 1 unspecified atom stereocenters. The van der Waals surface area contributed by atoms with Crippen LogP contribution in [0.15, 0.2) is 65.1 Å². The van der Waals surface area contributed by atoms with Gasteiger partial charge < -0.3 is 20.2 Å². The third-order valence-electron chi connectivity index (χ3n) is 5.53. The Labute approximate surface area is 191 Å². The first-order valence-corrected chi connectivity index (χ1v) is 10.7. The molecule has 8 heteroatoms. The minimum absolute atomic E-state index is 0.0956. The molecule has 0 radical (unpaired) electrons. The van der Waals surface area contributed by atoms with Crippen molar-refractivity contribution < 1.29 is 18.7 Å². The van der Waals surface area contributed by atoms with Gasteiger partial charge in [-0.1, -0.05) is 24.3 Å². The second-order valence-corrected chi connectivity index (χ2v) is 7.85. The Morgan fingerprint density at radius 2 is 2.03 bits per heavy atom. The summed E-state index contributed by atoms with van der Waals surface area (Å²) in [6.07, 6.45) is 1.72. The fraction of sp³-hybridized carbons (Fsp3) is 0.240. The van der Waals surface area contributed by atoms with Crippen LogP contribution in [-0.4, -0.2) is 29.3 Å². The Morgan fingerprint density at radius 1 is 1.18 bits per heavy atom. The minimum Gasteiger partial charge on any atom is -0.484 e. The lowest BCUT2D eigenvalue weighted by Crippen LogP contribution is -2.39. The van der Waals surface area contributed by atoms with Crippen molar-refractivity contribution in [3.63, 3.8) is 0 Å². The molecule has 4 rings (SSSR count). The van der Waals surface area contributed by atoms with Gasteiger partial charge in [-0.05, 0) is 61.3 Å². The fourth-order valence-corrected chi connectivity index (χ4v) is 3.92. The highest BCUT2D eigenvalue weighted by Crippen LogP contribution is 2.22. The average molecular weight is 444 g/mol. The summed E-state index contributed by atoms with van der Waals surface area (Å²) in [7, 11) is 0. The van der Waals surface area contributed by atoms with E-state index in [0.717, 1.165) is 24.9 Å². The molecule has 0 bridgehead atoms. The number of likely N-dealkylation sites (tertiary alicyclic amines) is 1. The van der Waals surface area contributed by atoms with E-state index in [4.69, 9.17) is 20.1 Å². The standard InChI is InChI=1S/C25H24N4O4/c26-14-18-6-1-2-9-22(18)32-16-20-10-11-23(33-20)25(31)28-19-7-3-5-17(13-19)15-29-12-4-8-21(29)24(27)30/h1-3,5-7,9-11,13,21H,4,8,12,15-16H2,(H2,27,30)(H,28,31). The first kappa shape index (κ1) is 22.1. The zero-order chi connectivity index (χ0) is 23.2. The predicted molar refractivity (Wildman–Crippen MR) is 121 cm³/mol. The molecule has 3 N–H and O–H groups in total. The van der Waals surface area contributed by atoms with Crippen molar-refractivity contribution in [2.24, 2.45) is 5.73 Å². The van der Waals surface area contributed by atoms with Gasteiger partial charge in [-0.3, -0.25) is 14.5 Å². The summed E-state index contributed by atoms with van der Waals surface area (Å²) in [6.45, 7) is 1.50. The number of anilines is 1. The number of ether oxygens (including phenoxy) is 1. The predicted octanol–water partition coefficient (Wildman–Crippen LogP) is 3.43. The average Bonchev–Trinajstić information content (AvgIpc) is 3.48. The molecule has 2 amide bonds. The summed E-state index contributed by atoms with van der Waals surface area (Å²) in [5, 5.41) is 12.0. The van der Waals surface area contributed by atoms with Crippen molar-refractivity contribution in [1.82, 2.24) is 4.90 Å². The van der Waals surface area contributed by atoms with Crippen LogP contribution in [-0.2, 0) is 17.9 Å². The molecule has 1 aliphatic rings. The smallest absolute Gasteiger partial charge is 0.291 e. The maximum atomic E-state index is 12.6. The second kappa shape index (κ2) is 10.0. The van der Waals surface area contributed by atoms with Crippen LogP contribution < -0.4 is 15.8 Å². The number of primary amides is 1. The quantitative estimate of drug-likeness (QED) is 0.549. The first-order chi connectivity index (χ1) is 16.0. The van der Waals surface area contributed by atoms with E-state index in [0.29, 0.717) is 29.3 Å². The monoisotopic (exact) mass is 444 g/mol. The Hall–Kier alpha value is -4.09. The number of nitrogens with zero attached hydrogens (tertiary/aromatic N) is 2. The minimum atomic E-state index is -0.382. The van der Waals surface area contributed by atoms with E-state index in [9.17, 15) is 9.59 Å². The molecule has 1 fully saturated rings. The molecule has 8 nitrogen and oxygen atoms in total. The number of carbonyl (C=O) groups is 2. The number of rotatable bonds is 8. The molecule has 1 aliphatic heterocycles. The van der Waals surface area contributed by atoms with Gasteiger partial charge in [0.25, 0.3) is 5.91 Å². The van der Waals surface area contributed by atoms with E-state index in [1.165, 1.54) is 0 Å². The van der Waals surface area contributed by atoms with Crippen LogP contribution in [0, 0.1) is 11.3 Å². The van der Waals surface area contributed by atoms with Gasteiger partial charge in [-0.15, -0.1) is 0 Å². The van der Waals surface area contributed by atoms with E-state index in [2.05, 4.69) is 16.3 Å². The third kappa shape index (κ3) is 5.40. The van der Waals surface area contributed by atoms with Gasteiger partial charge in [0.05, 0.1) is 11.6 Å². The second-order valence-electron chi connectivity index (χ2n) is 7.85. The van der Waals surface area contributed by atoms with Crippen molar-refractivity contribution in [2.75, 3.05) is 11.9 Å². The molecule has 0 spiro atoms. The third-order valence-corrected chi connectivity index (χ3v) is 5.53. The Kier molecular flexibility index (Phi) is 6.72. The number of furan rings is 1. The number of benzene rings is 2. The SMILES string of the molecule is N#Cc1ccccc1OCc1ccc(C(=O)Nc2cccc(CN3CCCC3C(N)=O)c2)o1. The maximum absolute atomic E-state index is 12.6. The van der Waals surface area contributed by atoms with E-state index in [-0.39, 0.29) is 30.2 Å². The van der Waals surface area contributed by atoms with Crippen molar-refractivity contribution in [2.45, 2.75) is 32.0 Å². The number of hydrogen-bond acceptors (Lipinski definition) is 6. The summed E-state index contributed by atoms with van der Waals surface area (Å²) in [5.74, 6) is 0.391. The molecule has 168 valence electrons. The summed E-state index contributed by atoms with van der Waals surface area (Å²) < 4.78 is 11.3. The number of nitrogens with one attached hydrogen (secondary N) is 1. The van der Waals surface area contributed by atoms with E-state index < -0.39 is 0 Å². The van der Waals surface area contributed by atoms with Gasteiger partial charge in [-0.25, -0.2) is 0 Å². The van der Waals surface area contributed by atoms with Crippen LogP contribution in [0.5, 0.6) is 5.75 Å². The molecule has 1 atom stereocenters. The van der Waals surface area contributed by atoms with Crippen LogP contribution in [0.2, 0.25) is 0 Å². The van der Waals surface area contributed by atoms with Crippen molar-refractivity contribution in [3.8, 4) is 11.8 Å². The van der Waals surface area contributed by atoms with Gasteiger partial charge in [0, 0.05) is 12.2 Å². The fourth-order valence-electron chi connectivity index (χ4n) is 3.92. The van der Waals surface area contributed by atoms with Gasteiger partial charge in [0.15, 0.2) is 5.76 Å². The molecule has 3 aromatic rings. The Balaban J connectivity index is 1.36. The number of carbonyl (C=O) groups excluding carboxylic acids is 2. The summed E-state index contributed by atoms with van der Waals surface area (Å²) in [6, 6.07) is 19.5. The normalized spacial score (nSPS) is 15.7. The van der Waals surface area contributed by atoms with E-state index in [1.807, 2.05) is 18.2 Å². The van der Waals surface area contributed by atoms with Crippen molar-refractivity contribution >= 4 is 17.5 Å². The number of para-hydroxylation sites is 1. The van der Waals surface area contributed by atoms with Crippen molar-refractivity contribution in [3.05, 3.63) is 83.3 Å². The van der Waals surface area contributed by atoms with E-state index in [1.54, 1.807) is 42.5 Å². The summed E-state index contributed by atoms with van der Waals surface area (Å²) in [5.41, 5.74) is 7.54. The van der Waals surface area contributed by atoms with Crippen molar-refractivity contribution in [1.29, 1.82) is 5.26 Å². The van der Waals surface area contributed by atoms with Crippen LogP contribution in [0.1, 0.15) is 40.3 Å². The van der Waals surface area contributed by atoms with Crippen LogP contribution in [0.3, 0.4) is 0 Å². The number of nitrogens with two attached hydrogens (primary N) is 1. The first-order valence-electron chi connectivity index (χ1n) is 10.7. The highest BCUT2D eigenvalue weighted by Gasteiger charge is 2.28. The number of hydrogen-bond donors (Lipinski definition) is 2. The van der Waals surface area contributed by atoms with Gasteiger partial charge in [0.1, 0.15) is 24.2 Å². The molecule has 1 saturated heterocycles. The zero-order valence-electron chi connectivity index (χ0n) is 18.0. The number of amides is 2. The lowest BCUT2D eigenvalue weighted by molar-refractivity contribution is -0.122. The lowest BCUT2D eigenvalue weighted by Gasteiger charge is -2.22. The molecular formula is C25H24N4O4. The van der Waals surface area contributed by atoms with Crippen LogP contribution >= 0.6 is 0 Å². The molecular weight excluding hydrogens is 420 g/mol. The molecule has 0 aliphatic carbocycles. The van der Waals surface area contributed by atoms with Gasteiger partial charge in [0.2, 0.25) is 5.91 Å². The molecule has 2 heterocycles. The van der Waals surface area contributed by atoms with Gasteiger partial charge in [-0.2, -0.15) is 5.26 Å². The van der Waals surface area contributed by atoms with Gasteiger partial charge >= 0.3 is 0 Å². The zero-order valence-corrected chi connectivity index (χ0v) is 18.0. The summed E-state index contributed by atoms with van der Waals surface area (Å²) in [4.78, 5) is 26.3. The van der Waals surface area contributed by atoms with Crippen LogP contribution in [0.4, 0.5) is 5.69 Å². The highest BCUT2D eigenvalue weighted by atomic mass is 16.5. The highest BCUT2D eigenvalue weighted by molar-refractivity contribution is 6.02. The topological polar surface area (TPSA) is 122 Å². The Morgan fingerprint density at radius 3 is 2.85 bits per heavy atom. The molecule has 33 heavy (non-hydrogen) atoms. The van der Waals surface area contributed by atoms with Crippen LogP contribution in [0.25, 0.3) is 0 Å². The number of nitriles is 1. The summed E-state index contributed by atoms with van der Waals surface area (Å²) >= 11 is 0. The maximum Gasteiger partial charge on any atom is 0.291 e. The van der Waals surface area contributed by atoms with E-state index >= 15 is 0 Å².